The average molecular weight is 537 g/mol. The molecule has 38 heavy (non-hydrogen) atoms. The van der Waals surface area contributed by atoms with Crippen LogP contribution in [0.2, 0.25) is 0 Å². The number of aromatic nitrogens is 2. The van der Waals surface area contributed by atoms with Gasteiger partial charge in [-0.2, -0.15) is 0 Å². The molecule has 6 rings (SSSR count). The van der Waals surface area contributed by atoms with Crippen molar-refractivity contribution in [2.45, 2.75) is 13.8 Å². The molecule has 1 amide bonds. The normalized spacial score (nSPS) is 11.2. The standard InChI is InChI=1S/C30H24N4O2S2/c1-3-36-20-13-14-22-24(15-20)37-30(33-22)34-28(35)27-26(31)25-21(18-11-9-17(2)10-12-18)16-23(32-29(25)38-27)19-7-5-4-6-8-19/h4-16H,3,31H2,1-2H3,(H,33,34,35). The Morgan fingerprint density at radius 1 is 0.947 bits per heavy atom. The Hall–Kier alpha value is -4.27. The zero-order valence-electron chi connectivity index (χ0n) is 20.8. The van der Waals surface area contributed by atoms with Crippen molar-refractivity contribution in [2.75, 3.05) is 17.7 Å². The van der Waals surface area contributed by atoms with Gasteiger partial charge in [0.25, 0.3) is 5.91 Å². The molecule has 8 heteroatoms. The van der Waals surface area contributed by atoms with Crippen molar-refractivity contribution in [1.82, 2.24) is 9.97 Å². The van der Waals surface area contributed by atoms with E-state index in [1.807, 2.05) is 55.5 Å². The summed E-state index contributed by atoms with van der Waals surface area (Å²) in [6.07, 6.45) is 0. The summed E-state index contributed by atoms with van der Waals surface area (Å²) in [4.78, 5) is 24.0. The fraction of sp³-hybridized carbons (Fsp3) is 0.100. The topological polar surface area (TPSA) is 90.1 Å². The number of nitrogens with two attached hydrogens (primary N) is 1. The fourth-order valence-electron chi connectivity index (χ4n) is 4.38. The molecule has 0 saturated heterocycles. The summed E-state index contributed by atoms with van der Waals surface area (Å²) in [6.45, 7) is 4.59. The van der Waals surface area contributed by atoms with Gasteiger partial charge in [0, 0.05) is 10.9 Å². The number of hydrogen-bond donors (Lipinski definition) is 2. The number of carbonyl (C=O) groups excluding carboxylic acids is 1. The van der Waals surface area contributed by atoms with Crippen LogP contribution in [0.1, 0.15) is 22.2 Å². The Morgan fingerprint density at radius 2 is 1.74 bits per heavy atom. The number of nitrogen functional groups attached to an aromatic ring is 1. The predicted octanol–water partition coefficient (Wildman–Crippen LogP) is 7.78. The van der Waals surface area contributed by atoms with Crippen LogP contribution in [0.3, 0.4) is 0 Å². The van der Waals surface area contributed by atoms with Crippen molar-refractivity contribution in [1.29, 1.82) is 0 Å². The highest BCUT2D eigenvalue weighted by Crippen LogP contribution is 2.42. The highest BCUT2D eigenvalue weighted by atomic mass is 32.1. The molecule has 0 atom stereocenters. The molecular formula is C30H24N4O2S2. The summed E-state index contributed by atoms with van der Waals surface area (Å²) in [5.41, 5.74) is 12.9. The van der Waals surface area contributed by atoms with Crippen molar-refractivity contribution in [3.8, 4) is 28.1 Å². The number of nitrogens with one attached hydrogen (secondary N) is 1. The summed E-state index contributed by atoms with van der Waals surface area (Å²) in [5.74, 6) is 0.477. The smallest absolute Gasteiger partial charge is 0.269 e. The summed E-state index contributed by atoms with van der Waals surface area (Å²) >= 11 is 2.70. The van der Waals surface area contributed by atoms with Gasteiger partial charge in [0.15, 0.2) is 5.13 Å². The molecule has 0 radical (unpaired) electrons. The van der Waals surface area contributed by atoms with E-state index in [1.54, 1.807) is 0 Å². The van der Waals surface area contributed by atoms with Crippen molar-refractivity contribution >= 4 is 59.8 Å². The third-order valence-corrected chi connectivity index (χ3v) is 8.26. The second-order valence-corrected chi connectivity index (χ2v) is 10.9. The van der Waals surface area contributed by atoms with E-state index in [2.05, 4.69) is 47.6 Å². The molecule has 0 unspecified atom stereocenters. The summed E-state index contributed by atoms with van der Waals surface area (Å²) in [6, 6.07) is 26.1. The van der Waals surface area contributed by atoms with E-state index in [4.69, 9.17) is 15.5 Å². The number of thiazole rings is 1. The molecule has 3 heterocycles. The Labute approximate surface area is 227 Å². The lowest BCUT2D eigenvalue weighted by Crippen LogP contribution is -2.11. The summed E-state index contributed by atoms with van der Waals surface area (Å²) < 4.78 is 6.52. The SMILES string of the molecule is CCOc1ccc2nc(NC(=O)c3sc4nc(-c5ccccc5)cc(-c5ccc(C)cc5)c4c3N)sc2c1. The number of anilines is 2. The molecule has 0 aliphatic carbocycles. The molecular weight excluding hydrogens is 512 g/mol. The lowest BCUT2D eigenvalue weighted by molar-refractivity contribution is 0.103. The minimum Gasteiger partial charge on any atom is -0.494 e. The molecule has 0 spiro atoms. The lowest BCUT2D eigenvalue weighted by Gasteiger charge is -2.09. The predicted molar refractivity (Wildman–Crippen MR) is 158 cm³/mol. The monoisotopic (exact) mass is 536 g/mol. The Balaban J connectivity index is 1.42. The van der Waals surface area contributed by atoms with Gasteiger partial charge >= 0.3 is 0 Å². The number of carbonyl (C=O) groups is 1. The average Bonchev–Trinajstić information content (AvgIpc) is 3.49. The van der Waals surface area contributed by atoms with Crippen LogP contribution in [-0.4, -0.2) is 22.5 Å². The number of hydrogen-bond acceptors (Lipinski definition) is 7. The molecule has 0 aliphatic rings. The number of fused-ring (bicyclic) bond motifs is 2. The third kappa shape index (κ3) is 4.49. The first kappa shape index (κ1) is 24.1. The summed E-state index contributed by atoms with van der Waals surface area (Å²) in [7, 11) is 0. The second kappa shape index (κ2) is 9.89. The maximum absolute atomic E-state index is 13.4. The lowest BCUT2D eigenvalue weighted by atomic mass is 9.99. The van der Waals surface area contributed by atoms with E-state index in [0.717, 1.165) is 48.6 Å². The molecule has 6 aromatic rings. The van der Waals surface area contributed by atoms with Gasteiger partial charge < -0.3 is 10.5 Å². The van der Waals surface area contributed by atoms with Gasteiger partial charge in [-0.05, 0) is 49.2 Å². The third-order valence-electron chi connectivity index (χ3n) is 6.23. The Kier molecular flexibility index (Phi) is 6.27. The molecule has 0 bridgehead atoms. The number of benzene rings is 3. The number of rotatable bonds is 6. The highest BCUT2D eigenvalue weighted by Gasteiger charge is 2.22. The van der Waals surface area contributed by atoms with Crippen LogP contribution in [0.25, 0.3) is 42.8 Å². The molecule has 6 nitrogen and oxygen atoms in total. The van der Waals surface area contributed by atoms with Gasteiger partial charge in [-0.1, -0.05) is 71.5 Å². The van der Waals surface area contributed by atoms with E-state index >= 15 is 0 Å². The van der Waals surface area contributed by atoms with Crippen LogP contribution < -0.4 is 15.8 Å². The van der Waals surface area contributed by atoms with E-state index in [0.29, 0.717) is 22.3 Å². The first-order valence-electron chi connectivity index (χ1n) is 12.2. The largest absolute Gasteiger partial charge is 0.494 e. The van der Waals surface area contributed by atoms with Gasteiger partial charge in [0.1, 0.15) is 15.5 Å². The van der Waals surface area contributed by atoms with Crippen LogP contribution >= 0.6 is 22.7 Å². The minimum absolute atomic E-state index is 0.300. The maximum atomic E-state index is 13.4. The van der Waals surface area contributed by atoms with E-state index in [9.17, 15) is 4.79 Å². The van der Waals surface area contributed by atoms with Crippen molar-refractivity contribution in [3.63, 3.8) is 0 Å². The van der Waals surface area contributed by atoms with E-state index in [1.165, 1.54) is 28.2 Å². The fourth-order valence-corrected chi connectivity index (χ4v) is 6.28. The number of ether oxygens (including phenoxy) is 1. The second-order valence-electron chi connectivity index (χ2n) is 8.85. The van der Waals surface area contributed by atoms with Crippen molar-refractivity contribution in [2.24, 2.45) is 0 Å². The van der Waals surface area contributed by atoms with E-state index < -0.39 is 0 Å². The summed E-state index contributed by atoms with van der Waals surface area (Å²) in [5, 5.41) is 4.24. The highest BCUT2D eigenvalue weighted by molar-refractivity contribution is 7.23. The molecule has 3 aromatic heterocycles. The van der Waals surface area contributed by atoms with Crippen molar-refractivity contribution in [3.05, 3.63) is 89.3 Å². The minimum atomic E-state index is -0.300. The quantitative estimate of drug-likeness (QED) is 0.227. The number of nitrogens with zero attached hydrogens (tertiary/aromatic N) is 2. The van der Waals surface area contributed by atoms with E-state index in [-0.39, 0.29) is 5.91 Å². The first-order valence-corrected chi connectivity index (χ1v) is 13.8. The first-order chi connectivity index (χ1) is 18.5. The van der Waals surface area contributed by atoms with Gasteiger partial charge in [-0.15, -0.1) is 11.3 Å². The zero-order chi connectivity index (χ0) is 26.2. The van der Waals surface area contributed by atoms with Crippen LogP contribution in [0.5, 0.6) is 5.75 Å². The van der Waals surface area contributed by atoms with Crippen LogP contribution in [0, 0.1) is 6.92 Å². The molecule has 0 saturated carbocycles. The Bertz CT molecular complexity index is 1790. The Morgan fingerprint density at radius 3 is 2.50 bits per heavy atom. The van der Waals surface area contributed by atoms with Gasteiger partial charge in [0.05, 0.1) is 28.2 Å². The number of amides is 1. The molecule has 0 fully saturated rings. The van der Waals surface area contributed by atoms with Gasteiger partial charge in [-0.3, -0.25) is 10.1 Å². The van der Waals surface area contributed by atoms with Gasteiger partial charge in [0.2, 0.25) is 0 Å². The number of thiophene rings is 1. The van der Waals surface area contributed by atoms with Crippen LogP contribution in [0.15, 0.2) is 78.9 Å². The molecule has 0 aliphatic heterocycles. The maximum Gasteiger partial charge on any atom is 0.269 e. The number of pyridine rings is 1. The van der Waals surface area contributed by atoms with Gasteiger partial charge in [-0.25, -0.2) is 9.97 Å². The molecule has 188 valence electrons. The van der Waals surface area contributed by atoms with Crippen molar-refractivity contribution < 1.29 is 9.53 Å². The molecule has 3 aromatic carbocycles. The molecule has 3 N–H and O–H groups in total. The van der Waals surface area contributed by atoms with Crippen LogP contribution in [0.4, 0.5) is 10.8 Å². The number of aryl methyl sites for hydroxylation is 1. The van der Waals surface area contributed by atoms with Crippen LogP contribution in [-0.2, 0) is 0 Å². The zero-order valence-corrected chi connectivity index (χ0v) is 22.5.